The van der Waals surface area contributed by atoms with Crippen LogP contribution in [-0.4, -0.2) is 19.0 Å². The molecule has 0 radical (unpaired) electrons. The Hall–Kier alpha value is -1.51. The molecule has 1 amide bonds. The van der Waals surface area contributed by atoms with Gasteiger partial charge in [-0.3, -0.25) is 4.79 Å². The van der Waals surface area contributed by atoms with Gasteiger partial charge in [-0.25, -0.2) is 0 Å². The smallest absolute Gasteiger partial charge is 0.220 e. The monoisotopic (exact) mass is 286 g/mol. The number of amides is 1. The summed E-state index contributed by atoms with van der Waals surface area (Å²) < 4.78 is 0. The fourth-order valence-corrected chi connectivity index (χ4v) is 3.85. The first-order valence-electron chi connectivity index (χ1n) is 8.13. The summed E-state index contributed by atoms with van der Waals surface area (Å²) >= 11 is 0. The van der Waals surface area contributed by atoms with E-state index in [2.05, 4.69) is 48.7 Å². The third-order valence-electron chi connectivity index (χ3n) is 5.03. The van der Waals surface area contributed by atoms with Gasteiger partial charge in [0.15, 0.2) is 0 Å². The first-order chi connectivity index (χ1) is 10.0. The van der Waals surface area contributed by atoms with E-state index >= 15 is 0 Å². The third kappa shape index (κ3) is 3.39. The van der Waals surface area contributed by atoms with Crippen LogP contribution in [0.15, 0.2) is 24.3 Å². The highest BCUT2D eigenvalue weighted by Gasteiger charge is 2.31. The van der Waals surface area contributed by atoms with Crippen molar-refractivity contribution >= 4 is 11.6 Å². The molecule has 2 atom stereocenters. The van der Waals surface area contributed by atoms with Crippen LogP contribution >= 0.6 is 0 Å². The van der Waals surface area contributed by atoms with Crippen molar-refractivity contribution in [3.63, 3.8) is 0 Å². The van der Waals surface area contributed by atoms with Crippen LogP contribution in [0.2, 0.25) is 0 Å². The molecule has 3 heteroatoms. The van der Waals surface area contributed by atoms with Crippen LogP contribution in [0.5, 0.6) is 0 Å². The topological polar surface area (TPSA) is 41.1 Å². The highest BCUT2D eigenvalue weighted by molar-refractivity contribution is 5.80. The Morgan fingerprint density at radius 2 is 2.14 bits per heavy atom. The minimum Gasteiger partial charge on any atom is -0.385 e. The number of hydrogen-bond donors (Lipinski definition) is 2. The molecule has 2 fully saturated rings. The van der Waals surface area contributed by atoms with Crippen molar-refractivity contribution < 1.29 is 4.79 Å². The molecule has 1 saturated heterocycles. The molecule has 21 heavy (non-hydrogen) atoms. The SMILES string of the molecule is CC1(C)CCC(CNc2ccccc2C2CNC(=O)C2)C1. The maximum atomic E-state index is 11.4. The summed E-state index contributed by atoms with van der Waals surface area (Å²) in [5, 5.41) is 6.58. The van der Waals surface area contributed by atoms with E-state index < -0.39 is 0 Å². The zero-order valence-electron chi connectivity index (χ0n) is 13.1. The summed E-state index contributed by atoms with van der Waals surface area (Å²) in [6.45, 7) is 6.57. The summed E-state index contributed by atoms with van der Waals surface area (Å²) in [5.74, 6) is 1.27. The second-order valence-electron chi connectivity index (χ2n) is 7.45. The Morgan fingerprint density at radius 1 is 1.33 bits per heavy atom. The zero-order valence-corrected chi connectivity index (χ0v) is 13.1. The normalized spacial score (nSPS) is 27.6. The lowest BCUT2D eigenvalue weighted by atomic mass is 9.90. The largest absolute Gasteiger partial charge is 0.385 e. The van der Waals surface area contributed by atoms with E-state index in [1.807, 2.05) is 0 Å². The molecule has 1 aliphatic heterocycles. The summed E-state index contributed by atoms with van der Waals surface area (Å²) in [6.07, 6.45) is 4.59. The molecule has 2 aliphatic rings. The first-order valence-corrected chi connectivity index (χ1v) is 8.13. The van der Waals surface area contributed by atoms with Crippen LogP contribution in [0.3, 0.4) is 0 Å². The molecular formula is C18H26N2O. The summed E-state index contributed by atoms with van der Waals surface area (Å²) in [4.78, 5) is 11.4. The predicted molar refractivity (Wildman–Crippen MR) is 86.4 cm³/mol. The number of para-hydroxylation sites is 1. The number of nitrogens with one attached hydrogen (secondary N) is 2. The van der Waals surface area contributed by atoms with E-state index in [4.69, 9.17) is 0 Å². The van der Waals surface area contributed by atoms with Crippen LogP contribution in [0.4, 0.5) is 5.69 Å². The van der Waals surface area contributed by atoms with Gasteiger partial charge < -0.3 is 10.6 Å². The van der Waals surface area contributed by atoms with Gasteiger partial charge in [-0.05, 0) is 42.2 Å². The molecule has 3 rings (SSSR count). The van der Waals surface area contributed by atoms with Gasteiger partial charge in [0.2, 0.25) is 5.91 Å². The van der Waals surface area contributed by atoms with Crippen LogP contribution < -0.4 is 10.6 Å². The maximum absolute atomic E-state index is 11.4. The Kier molecular flexibility index (Phi) is 3.92. The standard InChI is InChI=1S/C18H26N2O/c1-18(2)8-7-13(10-18)11-19-16-6-4-3-5-15(16)14-9-17(21)20-12-14/h3-6,13-14,19H,7-12H2,1-2H3,(H,20,21). The van der Waals surface area contributed by atoms with E-state index in [-0.39, 0.29) is 5.91 Å². The van der Waals surface area contributed by atoms with E-state index in [0.29, 0.717) is 17.8 Å². The Morgan fingerprint density at radius 3 is 2.81 bits per heavy atom. The summed E-state index contributed by atoms with van der Waals surface area (Å²) in [7, 11) is 0. The van der Waals surface area contributed by atoms with E-state index in [1.54, 1.807) is 0 Å². The van der Waals surface area contributed by atoms with Crippen molar-refractivity contribution in [3.05, 3.63) is 29.8 Å². The first kappa shape index (κ1) is 14.4. The van der Waals surface area contributed by atoms with Crippen LogP contribution in [-0.2, 0) is 4.79 Å². The molecule has 2 N–H and O–H groups in total. The van der Waals surface area contributed by atoms with Gasteiger partial charge in [0, 0.05) is 31.1 Å². The molecule has 0 spiro atoms. The Balaban J connectivity index is 1.64. The summed E-state index contributed by atoms with van der Waals surface area (Å²) in [6, 6.07) is 8.46. The lowest BCUT2D eigenvalue weighted by Gasteiger charge is -2.20. The minimum absolute atomic E-state index is 0.173. The number of hydrogen-bond acceptors (Lipinski definition) is 2. The molecule has 2 unspecified atom stereocenters. The van der Waals surface area contributed by atoms with Crippen LogP contribution in [0.25, 0.3) is 0 Å². The molecule has 3 nitrogen and oxygen atoms in total. The van der Waals surface area contributed by atoms with Gasteiger partial charge in [0.1, 0.15) is 0 Å². The van der Waals surface area contributed by atoms with Gasteiger partial charge in [0.25, 0.3) is 0 Å². The maximum Gasteiger partial charge on any atom is 0.220 e. The second kappa shape index (κ2) is 5.70. The molecule has 1 aromatic carbocycles. The number of carbonyl (C=O) groups is 1. The minimum atomic E-state index is 0.173. The molecular weight excluding hydrogens is 260 g/mol. The van der Waals surface area contributed by atoms with Crippen molar-refractivity contribution in [1.29, 1.82) is 0 Å². The lowest BCUT2D eigenvalue weighted by molar-refractivity contribution is -0.119. The van der Waals surface area contributed by atoms with Gasteiger partial charge in [0.05, 0.1) is 0 Å². The fourth-order valence-electron chi connectivity index (χ4n) is 3.85. The number of anilines is 1. The van der Waals surface area contributed by atoms with E-state index in [1.165, 1.54) is 30.5 Å². The lowest BCUT2D eigenvalue weighted by Crippen LogP contribution is -2.16. The van der Waals surface area contributed by atoms with Gasteiger partial charge >= 0.3 is 0 Å². The molecule has 1 saturated carbocycles. The average Bonchev–Trinajstić information content (AvgIpc) is 3.02. The van der Waals surface area contributed by atoms with Gasteiger partial charge in [-0.15, -0.1) is 0 Å². The molecule has 114 valence electrons. The average molecular weight is 286 g/mol. The molecule has 1 aromatic rings. The zero-order chi connectivity index (χ0) is 14.9. The van der Waals surface area contributed by atoms with Crippen LogP contribution in [0.1, 0.15) is 51.0 Å². The molecule has 0 bridgehead atoms. The van der Waals surface area contributed by atoms with Crippen LogP contribution in [0, 0.1) is 11.3 Å². The number of benzene rings is 1. The van der Waals surface area contributed by atoms with Gasteiger partial charge in [-0.1, -0.05) is 32.0 Å². The Labute approximate surface area is 127 Å². The molecule has 1 heterocycles. The quantitative estimate of drug-likeness (QED) is 0.889. The third-order valence-corrected chi connectivity index (χ3v) is 5.03. The van der Waals surface area contributed by atoms with Gasteiger partial charge in [-0.2, -0.15) is 0 Å². The molecule has 1 aliphatic carbocycles. The van der Waals surface area contributed by atoms with Crippen molar-refractivity contribution in [2.24, 2.45) is 11.3 Å². The number of carbonyl (C=O) groups excluding carboxylic acids is 1. The number of rotatable bonds is 4. The molecule has 0 aromatic heterocycles. The van der Waals surface area contributed by atoms with Crippen molar-refractivity contribution in [1.82, 2.24) is 5.32 Å². The van der Waals surface area contributed by atoms with Crippen molar-refractivity contribution in [3.8, 4) is 0 Å². The highest BCUT2D eigenvalue weighted by atomic mass is 16.1. The van der Waals surface area contributed by atoms with Crippen molar-refractivity contribution in [2.45, 2.75) is 45.4 Å². The van der Waals surface area contributed by atoms with E-state index in [9.17, 15) is 4.79 Å². The van der Waals surface area contributed by atoms with Crippen molar-refractivity contribution in [2.75, 3.05) is 18.4 Å². The highest BCUT2D eigenvalue weighted by Crippen LogP contribution is 2.41. The predicted octanol–water partition coefficient (Wildman–Crippen LogP) is 3.53. The fraction of sp³-hybridized carbons (Fsp3) is 0.611. The summed E-state index contributed by atoms with van der Waals surface area (Å²) in [5.41, 5.74) is 3.00. The second-order valence-corrected chi connectivity index (χ2v) is 7.45. The Bertz CT molecular complexity index is 524. The van der Waals surface area contributed by atoms with E-state index in [0.717, 1.165) is 19.0 Å².